The third-order valence-corrected chi connectivity index (χ3v) is 9.19. The van der Waals surface area contributed by atoms with Crippen LogP contribution in [0.25, 0.3) is 0 Å². The molecule has 0 fully saturated rings. The third kappa shape index (κ3) is 5.05. The molecule has 0 aliphatic carbocycles. The largest absolute Gasteiger partial charge is 0.440 e. The van der Waals surface area contributed by atoms with Crippen molar-refractivity contribution in [3.63, 3.8) is 0 Å². The Morgan fingerprint density at radius 2 is 1.13 bits per heavy atom. The summed E-state index contributed by atoms with van der Waals surface area (Å²) in [6.07, 6.45) is 0. The molecule has 0 saturated heterocycles. The monoisotopic (exact) mass is 548 g/mol. The first-order chi connectivity index (χ1) is 18.5. The Morgan fingerprint density at radius 1 is 0.658 bits per heavy atom. The molecule has 202 valence electrons. The molecule has 6 heteroatoms. The molecule has 3 aromatic rings. The van der Waals surface area contributed by atoms with Gasteiger partial charge >= 0.3 is 5.97 Å². The van der Waals surface area contributed by atoms with Gasteiger partial charge in [0, 0.05) is 64.0 Å². The molecule has 38 heavy (non-hydrogen) atoms. The summed E-state index contributed by atoms with van der Waals surface area (Å²) in [7, 11) is 0. The van der Waals surface area contributed by atoms with E-state index in [-0.39, 0.29) is 5.97 Å². The average molecular weight is 549 g/mol. The second kappa shape index (κ2) is 12.5. The van der Waals surface area contributed by atoms with Crippen molar-refractivity contribution in [2.45, 2.75) is 56.9 Å². The van der Waals surface area contributed by atoms with Crippen molar-refractivity contribution in [3.05, 3.63) is 82.9 Å². The summed E-state index contributed by atoms with van der Waals surface area (Å²) in [6.45, 7) is 16.9. The Bertz CT molecular complexity index is 1200. The standard InChI is InChI=1S/C32H40N2O2S2/c1-7-33(8-2)23-17-19-27(29(21-23)37-11-5)32(26-16-14-13-15-25(26)31(35)36-32)28-20-18-24(34(9-3)10-4)22-30(28)38-12-6/h13-22H,7-12H2,1-6H3. The van der Waals surface area contributed by atoms with E-state index in [1.54, 1.807) is 0 Å². The smallest absolute Gasteiger partial charge is 0.340 e. The summed E-state index contributed by atoms with van der Waals surface area (Å²) < 4.78 is 6.58. The van der Waals surface area contributed by atoms with Crippen LogP contribution < -0.4 is 9.80 Å². The Labute approximate surface area is 237 Å². The number of hydrogen-bond acceptors (Lipinski definition) is 6. The van der Waals surface area contributed by atoms with Crippen LogP contribution in [-0.2, 0) is 10.3 Å². The molecule has 1 aliphatic heterocycles. The van der Waals surface area contributed by atoms with Crippen molar-refractivity contribution in [2.75, 3.05) is 47.5 Å². The molecule has 0 saturated carbocycles. The molecule has 1 heterocycles. The van der Waals surface area contributed by atoms with E-state index in [1.165, 1.54) is 11.4 Å². The van der Waals surface area contributed by atoms with E-state index in [9.17, 15) is 4.79 Å². The number of hydrogen-bond donors (Lipinski definition) is 0. The lowest BCUT2D eigenvalue weighted by Gasteiger charge is -2.35. The molecular weight excluding hydrogens is 508 g/mol. The highest BCUT2D eigenvalue weighted by Crippen LogP contribution is 2.52. The second-order valence-corrected chi connectivity index (χ2v) is 11.8. The summed E-state index contributed by atoms with van der Waals surface area (Å²) >= 11 is 3.62. The fourth-order valence-corrected chi connectivity index (χ4v) is 7.25. The fourth-order valence-electron chi connectivity index (χ4n) is 5.49. The van der Waals surface area contributed by atoms with Crippen molar-refractivity contribution in [1.82, 2.24) is 0 Å². The maximum absolute atomic E-state index is 13.4. The minimum atomic E-state index is -1.01. The molecule has 1 aliphatic rings. The van der Waals surface area contributed by atoms with Gasteiger partial charge in [-0.15, -0.1) is 23.5 Å². The van der Waals surface area contributed by atoms with Crippen molar-refractivity contribution < 1.29 is 9.53 Å². The zero-order chi connectivity index (χ0) is 27.3. The SMILES string of the molecule is CCSc1cc(N(CC)CC)ccc1C1(c2ccc(N(CC)CC)cc2SCC)OC(=O)c2ccccc21. The van der Waals surface area contributed by atoms with Gasteiger partial charge in [-0.05, 0) is 69.5 Å². The summed E-state index contributed by atoms with van der Waals surface area (Å²) in [5, 5.41) is 0. The molecule has 0 bridgehead atoms. The maximum Gasteiger partial charge on any atom is 0.340 e. The van der Waals surface area contributed by atoms with Crippen LogP contribution in [0.5, 0.6) is 0 Å². The number of rotatable bonds is 12. The zero-order valence-electron chi connectivity index (χ0n) is 23.5. The number of nitrogens with zero attached hydrogens (tertiary/aromatic N) is 2. The predicted octanol–water partition coefficient (Wildman–Crippen LogP) is 8.07. The molecule has 0 N–H and O–H groups in total. The highest BCUT2D eigenvalue weighted by Gasteiger charge is 2.50. The number of ether oxygens (including phenoxy) is 1. The second-order valence-electron chi connectivity index (χ2n) is 9.19. The molecule has 3 aromatic carbocycles. The van der Waals surface area contributed by atoms with E-state index in [4.69, 9.17) is 4.74 Å². The predicted molar refractivity (Wildman–Crippen MR) is 165 cm³/mol. The quantitative estimate of drug-likeness (QED) is 0.168. The van der Waals surface area contributed by atoms with Gasteiger partial charge in [0.15, 0.2) is 5.60 Å². The zero-order valence-corrected chi connectivity index (χ0v) is 25.2. The van der Waals surface area contributed by atoms with Crippen LogP contribution in [0, 0.1) is 0 Å². The Hall–Kier alpha value is -2.57. The van der Waals surface area contributed by atoms with Gasteiger partial charge in [-0.1, -0.05) is 44.2 Å². The van der Waals surface area contributed by atoms with Gasteiger partial charge in [0.2, 0.25) is 0 Å². The molecule has 0 aromatic heterocycles. The lowest BCUT2D eigenvalue weighted by Crippen LogP contribution is -2.32. The van der Waals surface area contributed by atoms with E-state index < -0.39 is 5.60 Å². The Morgan fingerprint density at radius 3 is 1.58 bits per heavy atom. The lowest BCUT2D eigenvalue weighted by molar-refractivity contribution is 0.0236. The van der Waals surface area contributed by atoms with Crippen LogP contribution in [0.15, 0.2) is 70.5 Å². The van der Waals surface area contributed by atoms with Crippen LogP contribution in [0.3, 0.4) is 0 Å². The van der Waals surface area contributed by atoms with Crippen LogP contribution >= 0.6 is 23.5 Å². The van der Waals surface area contributed by atoms with E-state index >= 15 is 0 Å². The molecule has 0 unspecified atom stereocenters. The molecule has 4 rings (SSSR count). The van der Waals surface area contributed by atoms with Crippen LogP contribution in [0.4, 0.5) is 11.4 Å². The van der Waals surface area contributed by atoms with Gasteiger partial charge in [0.05, 0.1) is 5.56 Å². The molecule has 4 nitrogen and oxygen atoms in total. The minimum Gasteiger partial charge on any atom is -0.440 e. The van der Waals surface area contributed by atoms with Gasteiger partial charge in [0.1, 0.15) is 0 Å². The van der Waals surface area contributed by atoms with Gasteiger partial charge in [0.25, 0.3) is 0 Å². The highest BCUT2D eigenvalue weighted by molar-refractivity contribution is 7.99. The van der Waals surface area contributed by atoms with Gasteiger partial charge in [-0.3, -0.25) is 0 Å². The number of benzene rings is 3. The summed E-state index contributed by atoms with van der Waals surface area (Å²) in [5.41, 5.74) is 5.02. The third-order valence-electron chi connectivity index (χ3n) is 7.32. The first-order valence-electron chi connectivity index (χ1n) is 13.9. The number of fused-ring (bicyclic) bond motifs is 1. The fraction of sp³-hybridized carbons (Fsp3) is 0.406. The van der Waals surface area contributed by atoms with E-state index in [0.29, 0.717) is 5.56 Å². The van der Waals surface area contributed by atoms with E-state index in [2.05, 4.69) is 93.8 Å². The Balaban J connectivity index is 2.04. The number of carbonyl (C=O) groups is 1. The molecule has 0 atom stereocenters. The van der Waals surface area contributed by atoms with Crippen molar-refractivity contribution in [3.8, 4) is 0 Å². The van der Waals surface area contributed by atoms with Gasteiger partial charge in [-0.25, -0.2) is 4.79 Å². The van der Waals surface area contributed by atoms with Crippen LogP contribution in [-0.4, -0.2) is 43.7 Å². The number of cyclic esters (lactones) is 1. The highest BCUT2D eigenvalue weighted by atomic mass is 32.2. The van der Waals surface area contributed by atoms with Crippen LogP contribution in [0.1, 0.15) is 68.6 Å². The normalized spacial score (nSPS) is 13.8. The number of esters is 1. The Kier molecular flexibility index (Phi) is 9.37. The molecule has 0 amide bonds. The number of carbonyl (C=O) groups excluding carboxylic acids is 1. The topological polar surface area (TPSA) is 32.8 Å². The average Bonchev–Trinajstić information content (AvgIpc) is 3.24. The van der Waals surface area contributed by atoms with Gasteiger partial charge < -0.3 is 14.5 Å². The van der Waals surface area contributed by atoms with Crippen molar-refractivity contribution in [1.29, 1.82) is 0 Å². The molecular formula is C32H40N2O2S2. The lowest BCUT2D eigenvalue weighted by atomic mass is 9.79. The molecule has 0 radical (unpaired) electrons. The van der Waals surface area contributed by atoms with Crippen molar-refractivity contribution in [2.24, 2.45) is 0 Å². The number of thioether (sulfide) groups is 2. The number of anilines is 2. The van der Waals surface area contributed by atoms with E-state index in [0.717, 1.165) is 64.2 Å². The van der Waals surface area contributed by atoms with Gasteiger partial charge in [-0.2, -0.15) is 0 Å². The first-order valence-corrected chi connectivity index (χ1v) is 15.8. The molecule has 0 spiro atoms. The first kappa shape index (κ1) is 28.4. The van der Waals surface area contributed by atoms with Crippen molar-refractivity contribution >= 4 is 40.9 Å². The minimum absolute atomic E-state index is 0.263. The summed E-state index contributed by atoms with van der Waals surface area (Å²) in [5.74, 6) is 1.59. The summed E-state index contributed by atoms with van der Waals surface area (Å²) in [4.78, 5) is 20.5. The van der Waals surface area contributed by atoms with Crippen LogP contribution in [0.2, 0.25) is 0 Å². The maximum atomic E-state index is 13.4. The summed E-state index contributed by atoms with van der Waals surface area (Å²) in [6, 6.07) is 21.2. The van der Waals surface area contributed by atoms with E-state index in [1.807, 2.05) is 41.7 Å².